The summed E-state index contributed by atoms with van der Waals surface area (Å²) in [6.45, 7) is 3.80. The van der Waals surface area contributed by atoms with E-state index in [0.29, 0.717) is 28.3 Å². The van der Waals surface area contributed by atoms with Gasteiger partial charge in [-0.25, -0.2) is 0 Å². The first-order chi connectivity index (χ1) is 15.8. The molecular formula is C27H25NO5. The van der Waals surface area contributed by atoms with Crippen molar-refractivity contribution in [3.63, 3.8) is 0 Å². The number of anilines is 1. The highest BCUT2D eigenvalue weighted by Gasteiger charge is 2.47. The number of aryl methyl sites for hydroxylation is 2. The van der Waals surface area contributed by atoms with Crippen LogP contribution in [0.4, 0.5) is 5.69 Å². The minimum absolute atomic E-state index is 0.0373. The Morgan fingerprint density at radius 3 is 2.12 bits per heavy atom. The van der Waals surface area contributed by atoms with Crippen molar-refractivity contribution in [2.75, 3.05) is 19.1 Å². The van der Waals surface area contributed by atoms with Crippen molar-refractivity contribution < 1.29 is 24.2 Å². The van der Waals surface area contributed by atoms with Gasteiger partial charge in [-0.2, -0.15) is 0 Å². The Hall–Kier alpha value is -4.06. The van der Waals surface area contributed by atoms with E-state index in [1.807, 2.05) is 26.0 Å². The lowest BCUT2D eigenvalue weighted by atomic mass is 9.94. The fraction of sp³-hybridized carbons (Fsp3) is 0.185. The lowest BCUT2D eigenvalue weighted by Gasteiger charge is -2.25. The summed E-state index contributed by atoms with van der Waals surface area (Å²) in [6.07, 6.45) is 0. The zero-order valence-corrected chi connectivity index (χ0v) is 19.0. The SMILES string of the molecule is COc1ccc(C2/C(=C(/O)c3ccc(OC)c(C)c3)C(=O)C(=O)N2c2ccc(C)cc2)cc1. The highest BCUT2D eigenvalue weighted by molar-refractivity contribution is 6.51. The van der Waals surface area contributed by atoms with Crippen LogP contribution in [0.1, 0.15) is 28.3 Å². The topological polar surface area (TPSA) is 76.1 Å². The number of carbonyl (C=O) groups is 2. The van der Waals surface area contributed by atoms with Crippen molar-refractivity contribution in [1.29, 1.82) is 0 Å². The van der Waals surface area contributed by atoms with E-state index in [1.165, 1.54) is 4.90 Å². The minimum atomic E-state index is -0.791. The Balaban J connectivity index is 1.92. The molecule has 3 aromatic rings. The molecule has 1 heterocycles. The summed E-state index contributed by atoms with van der Waals surface area (Å²) in [7, 11) is 3.14. The fourth-order valence-corrected chi connectivity index (χ4v) is 4.09. The van der Waals surface area contributed by atoms with E-state index < -0.39 is 17.7 Å². The highest BCUT2D eigenvalue weighted by atomic mass is 16.5. The van der Waals surface area contributed by atoms with Crippen LogP contribution in [0.25, 0.3) is 5.76 Å². The largest absolute Gasteiger partial charge is 0.507 e. The molecule has 1 saturated heterocycles. The Morgan fingerprint density at radius 2 is 1.55 bits per heavy atom. The Bertz CT molecular complexity index is 1240. The molecule has 6 heteroatoms. The van der Waals surface area contributed by atoms with Gasteiger partial charge < -0.3 is 14.6 Å². The first-order valence-electron chi connectivity index (χ1n) is 10.5. The van der Waals surface area contributed by atoms with Crippen molar-refractivity contribution in [3.8, 4) is 11.5 Å². The number of nitrogens with zero attached hydrogens (tertiary/aromatic N) is 1. The molecule has 6 nitrogen and oxygen atoms in total. The van der Waals surface area contributed by atoms with E-state index in [4.69, 9.17) is 9.47 Å². The van der Waals surface area contributed by atoms with E-state index in [1.54, 1.807) is 68.8 Å². The van der Waals surface area contributed by atoms with E-state index in [2.05, 4.69) is 0 Å². The molecule has 4 rings (SSSR count). The standard InChI is InChI=1S/C27H25NO5/c1-16-5-10-20(11-6-16)28-24(18-7-12-21(32-3)13-8-18)23(26(30)27(28)31)25(29)19-9-14-22(33-4)17(2)15-19/h5-15,24,29H,1-4H3/b25-23-. The highest BCUT2D eigenvalue weighted by Crippen LogP contribution is 2.42. The third-order valence-electron chi connectivity index (χ3n) is 5.86. The van der Waals surface area contributed by atoms with E-state index in [-0.39, 0.29) is 11.3 Å². The third-order valence-corrected chi connectivity index (χ3v) is 5.86. The molecule has 1 N–H and O–H groups in total. The van der Waals surface area contributed by atoms with Gasteiger partial charge in [0.25, 0.3) is 11.7 Å². The molecule has 168 valence electrons. The van der Waals surface area contributed by atoms with Crippen LogP contribution in [0.5, 0.6) is 11.5 Å². The van der Waals surface area contributed by atoms with Crippen LogP contribution in [0.2, 0.25) is 0 Å². The van der Waals surface area contributed by atoms with Gasteiger partial charge in [-0.05, 0) is 67.4 Å². The van der Waals surface area contributed by atoms with Crippen LogP contribution in [-0.2, 0) is 9.59 Å². The minimum Gasteiger partial charge on any atom is -0.507 e. The summed E-state index contributed by atoms with van der Waals surface area (Å²) in [5.41, 5.74) is 3.57. The van der Waals surface area contributed by atoms with Crippen LogP contribution >= 0.6 is 0 Å². The van der Waals surface area contributed by atoms with Gasteiger partial charge in [0.1, 0.15) is 17.3 Å². The number of Topliss-reactive ketones (excluding diaryl/α,β-unsaturated/α-hetero) is 1. The maximum atomic E-state index is 13.2. The number of hydrogen-bond acceptors (Lipinski definition) is 5. The van der Waals surface area contributed by atoms with Crippen molar-refractivity contribution in [2.24, 2.45) is 0 Å². The number of methoxy groups -OCH3 is 2. The van der Waals surface area contributed by atoms with Gasteiger partial charge in [0, 0.05) is 11.3 Å². The molecular weight excluding hydrogens is 418 g/mol. The lowest BCUT2D eigenvalue weighted by molar-refractivity contribution is -0.132. The van der Waals surface area contributed by atoms with E-state index >= 15 is 0 Å². The summed E-state index contributed by atoms with van der Waals surface area (Å²) < 4.78 is 10.6. The molecule has 1 amide bonds. The Morgan fingerprint density at radius 1 is 0.879 bits per heavy atom. The maximum Gasteiger partial charge on any atom is 0.300 e. The predicted molar refractivity (Wildman–Crippen MR) is 127 cm³/mol. The van der Waals surface area contributed by atoms with Gasteiger partial charge >= 0.3 is 0 Å². The van der Waals surface area contributed by atoms with Crippen LogP contribution in [0.3, 0.4) is 0 Å². The molecule has 0 radical (unpaired) electrons. The molecule has 1 unspecified atom stereocenters. The molecule has 1 aliphatic rings. The average molecular weight is 443 g/mol. The smallest absolute Gasteiger partial charge is 0.300 e. The summed E-state index contributed by atoms with van der Waals surface area (Å²) in [5, 5.41) is 11.3. The van der Waals surface area contributed by atoms with Crippen molar-refractivity contribution in [2.45, 2.75) is 19.9 Å². The number of aliphatic hydroxyl groups excluding tert-OH is 1. The maximum absolute atomic E-state index is 13.2. The molecule has 0 saturated carbocycles. The second-order valence-electron chi connectivity index (χ2n) is 7.96. The molecule has 0 bridgehead atoms. The van der Waals surface area contributed by atoms with Crippen LogP contribution in [0, 0.1) is 13.8 Å². The number of carbonyl (C=O) groups excluding carboxylic acids is 2. The number of ether oxygens (including phenoxy) is 2. The molecule has 3 aromatic carbocycles. The second kappa shape index (κ2) is 8.82. The quantitative estimate of drug-likeness (QED) is 0.343. The van der Waals surface area contributed by atoms with Crippen LogP contribution in [-0.4, -0.2) is 31.0 Å². The van der Waals surface area contributed by atoms with Gasteiger partial charge in [-0.1, -0.05) is 29.8 Å². The van der Waals surface area contributed by atoms with Gasteiger partial charge in [0.15, 0.2) is 0 Å². The first-order valence-corrected chi connectivity index (χ1v) is 10.5. The average Bonchev–Trinajstić information content (AvgIpc) is 3.09. The van der Waals surface area contributed by atoms with E-state index in [0.717, 1.165) is 11.1 Å². The van der Waals surface area contributed by atoms with Gasteiger partial charge in [-0.3, -0.25) is 14.5 Å². The van der Waals surface area contributed by atoms with Crippen LogP contribution < -0.4 is 14.4 Å². The third kappa shape index (κ3) is 3.96. The number of amides is 1. The summed E-state index contributed by atoms with van der Waals surface area (Å²) in [6, 6.07) is 18.8. The van der Waals surface area contributed by atoms with Crippen molar-refractivity contribution >= 4 is 23.1 Å². The molecule has 0 aromatic heterocycles. The predicted octanol–water partition coefficient (Wildman–Crippen LogP) is 4.95. The normalized spacial score (nSPS) is 17.3. The fourth-order valence-electron chi connectivity index (χ4n) is 4.09. The number of hydrogen-bond donors (Lipinski definition) is 1. The molecule has 0 aliphatic carbocycles. The lowest BCUT2D eigenvalue weighted by Crippen LogP contribution is -2.29. The van der Waals surface area contributed by atoms with Gasteiger partial charge in [-0.15, -0.1) is 0 Å². The number of rotatable bonds is 5. The van der Waals surface area contributed by atoms with E-state index in [9.17, 15) is 14.7 Å². The van der Waals surface area contributed by atoms with Gasteiger partial charge in [0.2, 0.25) is 0 Å². The molecule has 33 heavy (non-hydrogen) atoms. The zero-order valence-electron chi connectivity index (χ0n) is 19.0. The molecule has 1 aliphatic heterocycles. The summed E-state index contributed by atoms with van der Waals surface area (Å²) in [4.78, 5) is 27.9. The monoisotopic (exact) mass is 443 g/mol. The van der Waals surface area contributed by atoms with Crippen molar-refractivity contribution in [1.82, 2.24) is 0 Å². The first kappa shape index (κ1) is 22.1. The number of ketones is 1. The summed E-state index contributed by atoms with van der Waals surface area (Å²) in [5.74, 6) is -0.335. The number of benzene rings is 3. The molecule has 1 fully saturated rings. The molecule has 1 atom stereocenters. The second-order valence-corrected chi connectivity index (χ2v) is 7.96. The van der Waals surface area contributed by atoms with Crippen LogP contribution in [0.15, 0.2) is 72.3 Å². The number of aliphatic hydroxyl groups is 1. The van der Waals surface area contributed by atoms with Crippen molar-refractivity contribution in [3.05, 3.63) is 94.6 Å². The Kier molecular flexibility index (Phi) is 5.92. The zero-order chi connectivity index (χ0) is 23.7. The Labute approximate surface area is 192 Å². The van der Waals surface area contributed by atoms with Gasteiger partial charge in [0.05, 0.1) is 25.8 Å². The molecule has 0 spiro atoms. The summed E-state index contributed by atoms with van der Waals surface area (Å²) >= 11 is 0.